The second-order valence-electron chi connectivity index (χ2n) is 8.30. The number of nitrogens with zero attached hydrogens (tertiary/aromatic N) is 5. The second kappa shape index (κ2) is 10.8. The van der Waals surface area contributed by atoms with Crippen LogP contribution >= 0.6 is 0 Å². The number of amides is 2. The number of benzene rings is 2. The molecule has 0 spiro atoms. The van der Waals surface area contributed by atoms with Crippen LogP contribution in [0, 0.1) is 6.92 Å². The summed E-state index contributed by atoms with van der Waals surface area (Å²) in [7, 11) is 3.87. The zero-order valence-electron chi connectivity index (χ0n) is 20.3. The molecule has 36 heavy (non-hydrogen) atoms. The number of carbonyl (C=O) groups is 2. The summed E-state index contributed by atoms with van der Waals surface area (Å²) in [5, 5.41) is 20.1. The number of hydrogen-bond acceptors (Lipinski definition) is 8. The highest BCUT2D eigenvalue weighted by molar-refractivity contribution is 5.94. The van der Waals surface area contributed by atoms with Crippen molar-refractivity contribution in [3.8, 4) is 0 Å². The number of aromatic nitrogens is 4. The van der Waals surface area contributed by atoms with E-state index in [0.717, 1.165) is 28.0 Å². The zero-order chi connectivity index (χ0) is 25.7. The first kappa shape index (κ1) is 24.6. The van der Waals surface area contributed by atoms with Gasteiger partial charge in [-0.15, -0.1) is 0 Å². The quantitative estimate of drug-likeness (QED) is 0.160. The molecule has 11 nitrogen and oxygen atoms in total. The minimum absolute atomic E-state index is 0.130. The molecule has 4 aromatic rings. The van der Waals surface area contributed by atoms with E-state index in [1.54, 1.807) is 35.9 Å². The van der Waals surface area contributed by atoms with Gasteiger partial charge in [0.2, 0.25) is 11.9 Å². The van der Waals surface area contributed by atoms with Crippen LogP contribution in [0.1, 0.15) is 28.9 Å². The van der Waals surface area contributed by atoms with E-state index in [0.29, 0.717) is 30.3 Å². The van der Waals surface area contributed by atoms with Gasteiger partial charge >= 0.3 is 0 Å². The number of hydroxylamine groups is 1. The zero-order valence-corrected chi connectivity index (χ0v) is 20.3. The molecule has 4 rings (SSSR count). The molecule has 0 bridgehead atoms. The van der Waals surface area contributed by atoms with Crippen molar-refractivity contribution in [2.45, 2.75) is 19.8 Å². The van der Waals surface area contributed by atoms with Gasteiger partial charge in [0.15, 0.2) is 0 Å². The summed E-state index contributed by atoms with van der Waals surface area (Å²) in [6, 6.07) is 14.9. The Labute approximate surface area is 208 Å². The molecular weight excluding hydrogens is 460 g/mol. The van der Waals surface area contributed by atoms with Gasteiger partial charge in [-0.3, -0.25) is 19.5 Å². The van der Waals surface area contributed by atoms with E-state index in [1.807, 2.05) is 48.8 Å². The van der Waals surface area contributed by atoms with Crippen LogP contribution in [0.25, 0.3) is 10.9 Å². The highest BCUT2D eigenvalue weighted by Crippen LogP contribution is 2.27. The predicted molar refractivity (Wildman–Crippen MR) is 137 cm³/mol. The number of rotatable bonds is 9. The van der Waals surface area contributed by atoms with Crippen molar-refractivity contribution in [1.82, 2.24) is 30.5 Å². The normalized spacial score (nSPS) is 10.8. The molecule has 186 valence electrons. The highest BCUT2D eigenvalue weighted by atomic mass is 16.5. The second-order valence-corrected chi connectivity index (χ2v) is 8.30. The van der Waals surface area contributed by atoms with Crippen molar-refractivity contribution in [2.24, 2.45) is 7.05 Å². The average Bonchev–Trinajstić information content (AvgIpc) is 3.18. The Morgan fingerprint density at radius 2 is 1.89 bits per heavy atom. The van der Waals surface area contributed by atoms with Crippen LogP contribution in [0.15, 0.2) is 54.7 Å². The Kier molecular flexibility index (Phi) is 7.40. The maximum Gasteiger partial charge on any atom is 0.251 e. The van der Waals surface area contributed by atoms with Crippen LogP contribution < -0.4 is 21.0 Å². The highest BCUT2D eigenvalue weighted by Gasteiger charge is 2.12. The van der Waals surface area contributed by atoms with Gasteiger partial charge in [-0.1, -0.05) is 0 Å². The molecule has 0 saturated carbocycles. The summed E-state index contributed by atoms with van der Waals surface area (Å²) in [6.07, 6.45) is 2.24. The van der Waals surface area contributed by atoms with Crippen molar-refractivity contribution >= 4 is 45.9 Å². The fourth-order valence-corrected chi connectivity index (χ4v) is 3.70. The summed E-state index contributed by atoms with van der Waals surface area (Å²) in [5.74, 6) is 0.409. The maximum atomic E-state index is 12.3. The Hall–Kier alpha value is -4.51. The minimum atomic E-state index is -0.485. The molecule has 11 heteroatoms. The van der Waals surface area contributed by atoms with E-state index in [-0.39, 0.29) is 12.3 Å². The lowest BCUT2D eigenvalue weighted by molar-refractivity contribution is -0.129. The molecule has 4 N–H and O–H groups in total. The molecule has 2 heterocycles. The van der Waals surface area contributed by atoms with Crippen molar-refractivity contribution in [3.63, 3.8) is 0 Å². The molecular formula is C25H28N8O3. The Bertz CT molecular complexity index is 1380. The molecule has 0 saturated heterocycles. The Morgan fingerprint density at radius 3 is 2.64 bits per heavy atom. The SMILES string of the molecule is Cc1c2ccc(N(C)c3ccnc(Nc4ccc(C(=O)NCCCC(=O)NO)cc4)n3)cc2nn1C. The van der Waals surface area contributed by atoms with Gasteiger partial charge in [-0.05, 0) is 61.9 Å². The molecule has 0 atom stereocenters. The molecule has 2 amide bonds. The number of anilines is 4. The third-order valence-electron chi connectivity index (χ3n) is 5.88. The fraction of sp³-hybridized carbons (Fsp3) is 0.240. The topological polar surface area (TPSA) is 137 Å². The van der Waals surface area contributed by atoms with E-state index in [1.165, 1.54) is 0 Å². The third kappa shape index (κ3) is 5.58. The first-order valence-corrected chi connectivity index (χ1v) is 11.4. The number of carbonyl (C=O) groups excluding carboxylic acids is 2. The Balaban J connectivity index is 1.39. The van der Waals surface area contributed by atoms with Gasteiger partial charge < -0.3 is 15.5 Å². The van der Waals surface area contributed by atoms with E-state index < -0.39 is 5.91 Å². The van der Waals surface area contributed by atoms with E-state index in [9.17, 15) is 9.59 Å². The van der Waals surface area contributed by atoms with Crippen molar-refractivity contribution < 1.29 is 14.8 Å². The molecule has 0 unspecified atom stereocenters. The van der Waals surface area contributed by atoms with Gasteiger partial charge in [0.1, 0.15) is 5.82 Å². The van der Waals surface area contributed by atoms with Gasteiger partial charge in [0.25, 0.3) is 5.91 Å². The van der Waals surface area contributed by atoms with Gasteiger partial charge in [0, 0.05) is 61.3 Å². The summed E-state index contributed by atoms with van der Waals surface area (Å²) in [6.45, 7) is 2.37. The summed E-state index contributed by atoms with van der Waals surface area (Å²) < 4.78 is 1.87. The van der Waals surface area contributed by atoms with Crippen LogP contribution in [-0.2, 0) is 11.8 Å². The van der Waals surface area contributed by atoms with Crippen molar-refractivity contribution in [3.05, 3.63) is 66.0 Å². The lowest BCUT2D eigenvalue weighted by atomic mass is 10.2. The van der Waals surface area contributed by atoms with Crippen LogP contribution in [0.2, 0.25) is 0 Å². The molecule has 0 fully saturated rings. The lowest BCUT2D eigenvalue weighted by Gasteiger charge is -2.19. The lowest BCUT2D eigenvalue weighted by Crippen LogP contribution is -2.26. The van der Waals surface area contributed by atoms with E-state index in [2.05, 4.69) is 31.8 Å². The van der Waals surface area contributed by atoms with Crippen molar-refractivity contribution in [2.75, 3.05) is 23.8 Å². The first-order chi connectivity index (χ1) is 17.4. The van der Waals surface area contributed by atoms with Crippen LogP contribution in [-0.4, -0.2) is 50.4 Å². The summed E-state index contributed by atoms with van der Waals surface area (Å²) in [5.41, 5.74) is 5.78. The first-order valence-electron chi connectivity index (χ1n) is 11.4. The molecule has 0 aliphatic heterocycles. The van der Waals surface area contributed by atoms with E-state index >= 15 is 0 Å². The molecule has 0 aliphatic carbocycles. The number of nitrogens with one attached hydrogen (secondary N) is 3. The maximum absolute atomic E-state index is 12.3. The standard InChI is InChI=1S/C25H28N8O3/c1-16-20-11-10-19(15-21(20)30-33(16)3)32(2)22-12-14-27-25(29-22)28-18-8-6-17(7-9-18)24(35)26-13-4-5-23(34)31-36/h6-12,14-15,36H,4-5,13H2,1-3H3,(H,26,35)(H,31,34)(H,27,28,29). The fourth-order valence-electron chi connectivity index (χ4n) is 3.70. The predicted octanol–water partition coefficient (Wildman–Crippen LogP) is 3.20. The summed E-state index contributed by atoms with van der Waals surface area (Å²) >= 11 is 0. The molecule has 0 radical (unpaired) electrons. The molecule has 2 aromatic heterocycles. The molecule has 2 aromatic carbocycles. The minimum Gasteiger partial charge on any atom is -0.352 e. The smallest absolute Gasteiger partial charge is 0.251 e. The van der Waals surface area contributed by atoms with Gasteiger partial charge in [0.05, 0.1) is 5.52 Å². The summed E-state index contributed by atoms with van der Waals surface area (Å²) in [4.78, 5) is 34.2. The van der Waals surface area contributed by atoms with Crippen LogP contribution in [0.3, 0.4) is 0 Å². The van der Waals surface area contributed by atoms with Gasteiger partial charge in [-0.2, -0.15) is 10.1 Å². The van der Waals surface area contributed by atoms with Crippen LogP contribution in [0.5, 0.6) is 0 Å². The third-order valence-corrected chi connectivity index (χ3v) is 5.88. The number of aryl methyl sites for hydroxylation is 2. The Morgan fingerprint density at radius 1 is 1.11 bits per heavy atom. The average molecular weight is 489 g/mol. The van der Waals surface area contributed by atoms with E-state index in [4.69, 9.17) is 5.21 Å². The monoisotopic (exact) mass is 488 g/mol. The largest absolute Gasteiger partial charge is 0.352 e. The molecule has 0 aliphatic rings. The number of hydrogen-bond donors (Lipinski definition) is 4. The van der Waals surface area contributed by atoms with Crippen LogP contribution in [0.4, 0.5) is 23.1 Å². The number of fused-ring (bicyclic) bond motifs is 1. The van der Waals surface area contributed by atoms with Gasteiger partial charge in [-0.25, -0.2) is 10.5 Å². The van der Waals surface area contributed by atoms with Crippen molar-refractivity contribution in [1.29, 1.82) is 0 Å².